The van der Waals surface area contributed by atoms with Crippen LogP contribution in [0.5, 0.6) is 0 Å². The van der Waals surface area contributed by atoms with E-state index >= 15 is 0 Å². The van der Waals surface area contributed by atoms with Gasteiger partial charge in [-0.2, -0.15) is 17.0 Å². The van der Waals surface area contributed by atoms with Crippen molar-refractivity contribution < 1.29 is 18.3 Å². The summed E-state index contributed by atoms with van der Waals surface area (Å²) in [6.45, 7) is 5.42. The predicted molar refractivity (Wildman–Crippen MR) is 74.0 cm³/mol. The molecule has 6 nitrogen and oxygen atoms in total. The van der Waals surface area contributed by atoms with Gasteiger partial charge in [-0.15, -0.1) is 0 Å². The van der Waals surface area contributed by atoms with Crippen LogP contribution in [-0.4, -0.2) is 68.6 Å². The SMILES string of the molecule is COC[C@H](O)CN(C)S(=O)(=O)N1C[C@H](C)C[C@H](C)C1. The molecule has 0 saturated carbocycles. The van der Waals surface area contributed by atoms with Gasteiger partial charge in [0, 0.05) is 33.8 Å². The van der Waals surface area contributed by atoms with E-state index in [0.29, 0.717) is 24.9 Å². The molecule has 0 aromatic rings. The summed E-state index contributed by atoms with van der Waals surface area (Å²) >= 11 is 0. The molecule has 0 aromatic carbocycles. The molecule has 0 unspecified atom stereocenters. The number of methoxy groups -OCH3 is 1. The summed E-state index contributed by atoms with van der Waals surface area (Å²) in [7, 11) is -0.514. The number of aliphatic hydroxyl groups is 1. The smallest absolute Gasteiger partial charge is 0.281 e. The van der Waals surface area contributed by atoms with Crippen LogP contribution in [0.2, 0.25) is 0 Å². The zero-order valence-corrected chi connectivity index (χ0v) is 13.1. The topological polar surface area (TPSA) is 70.1 Å². The molecule has 7 heteroatoms. The van der Waals surface area contributed by atoms with Crippen LogP contribution < -0.4 is 0 Å². The fourth-order valence-electron chi connectivity index (χ4n) is 2.63. The number of hydrogen-bond acceptors (Lipinski definition) is 4. The lowest BCUT2D eigenvalue weighted by Crippen LogP contribution is -2.50. The largest absolute Gasteiger partial charge is 0.389 e. The molecule has 1 aliphatic rings. The molecule has 19 heavy (non-hydrogen) atoms. The highest BCUT2D eigenvalue weighted by Crippen LogP contribution is 2.24. The van der Waals surface area contributed by atoms with Gasteiger partial charge < -0.3 is 9.84 Å². The Morgan fingerprint density at radius 2 is 1.89 bits per heavy atom. The van der Waals surface area contributed by atoms with Crippen molar-refractivity contribution in [2.75, 3.05) is 40.4 Å². The molecule has 0 aromatic heterocycles. The fourth-order valence-corrected chi connectivity index (χ4v) is 4.27. The molecule has 0 spiro atoms. The summed E-state index contributed by atoms with van der Waals surface area (Å²) in [6, 6.07) is 0. The van der Waals surface area contributed by atoms with Gasteiger partial charge >= 0.3 is 0 Å². The number of piperidine rings is 1. The van der Waals surface area contributed by atoms with Crippen LogP contribution in [0.25, 0.3) is 0 Å². The van der Waals surface area contributed by atoms with Crippen molar-refractivity contribution in [3.8, 4) is 0 Å². The molecule has 3 atom stereocenters. The average molecular weight is 294 g/mol. The van der Waals surface area contributed by atoms with Crippen molar-refractivity contribution in [2.45, 2.75) is 26.4 Å². The van der Waals surface area contributed by atoms with Gasteiger partial charge in [-0.3, -0.25) is 0 Å². The molecule has 0 amide bonds. The summed E-state index contributed by atoms with van der Waals surface area (Å²) in [4.78, 5) is 0. The number of nitrogens with zero attached hydrogens (tertiary/aromatic N) is 2. The Balaban J connectivity index is 2.68. The van der Waals surface area contributed by atoms with Crippen LogP contribution in [0.15, 0.2) is 0 Å². The van der Waals surface area contributed by atoms with Crippen LogP contribution >= 0.6 is 0 Å². The van der Waals surface area contributed by atoms with Crippen LogP contribution in [0.4, 0.5) is 0 Å². The maximum Gasteiger partial charge on any atom is 0.281 e. The monoisotopic (exact) mass is 294 g/mol. The summed E-state index contributed by atoms with van der Waals surface area (Å²) in [6.07, 6.45) is 0.256. The number of ether oxygens (including phenoxy) is 1. The number of likely N-dealkylation sites (N-methyl/N-ethyl adjacent to an activating group) is 1. The van der Waals surface area contributed by atoms with Crippen molar-refractivity contribution in [2.24, 2.45) is 11.8 Å². The number of aliphatic hydroxyl groups excluding tert-OH is 1. The molecular formula is C12H26N2O4S. The van der Waals surface area contributed by atoms with E-state index in [4.69, 9.17) is 4.74 Å². The van der Waals surface area contributed by atoms with Gasteiger partial charge in [0.25, 0.3) is 10.2 Å². The molecule has 1 fully saturated rings. The van der Waals surface area contributed by atoms with Gasteiger partial charge in [-0.1, -0.05) is 13.8 Å². The van der Waals surface area contributed by atoms with E-state index in [-0.39, 0.29) is 13.2 Å². The first-order chi connectivity index (χ1) is 8.77. The van der Waals surface area contributed by atoms with E-state index in [1.54, 1.807) is 0 Å². The van der Waals surface area contributed by atoms with Crippen LogP contribution in [0.3, 0.4) is 0 Å². The minimum absolute atomic E-state index is 0.0510. The van der Waals surface area contributed by atoms with Crippen molar-refractivity contribution in [3.63, 3.8) is 0 Å². The second-order valence-corrected chi connectivity index (χ2v) is 7.70. The van der Waals surface area contributed by atoms with Crippen molar-refractivity contribution in [1.82, 2.24) is 8.61 Å². The van der Waals surface area contributed by atoms with E-state index in [1.165, 1.54) is 22.8 Å². The minimum Gasteiger partial charge on any atom is -0.389 e. The molecule has 1 saturated heterocycles. The average Bonchev–Trinajstić information content (AvgIpc) is 2.27. The highest BCUT2D eigenvalue weighted by atomic mass is 32.2. The Labute approximate surface area is 116 Å². The quantitative estimate of drug-likeness (QED) is 0.757. The Morgan fingerprint density at radius 1 is 1.37 bits per heavy atom. The third kappa shape index (κ3) is 4.68. The first-order valence-electron chi connectivity index (χ1n) is 6.65. The molecule has 0 aliphatic carbocycles. The zero-order valence-electron chi connectivity index (χ0n) is 12.2. The van der Waals surface area contributed by atoms with Gasteiger partial charge in [0.2, 0.25) is 0 Å². The van der Waals surface area contributed by atoms with Crippen LogP contribution in [-0.2, 0) is 14.9 Å². The minimum atomic E-state index is -3.49. The van der Waals surface area contributed by atoms with E-state index in [2.05, 4.69) is 13.8 Å². The highest BCUT2D eigenvalue weighted by Gasteiger charge is 2.33. The number of rotatable bonds is 6. The molecule has 1 aliphatic heterocycles. The van der Waals surface area contributed by atoms with E-state index in [1.807, 2.05) is 0 Å². The Kier molecular flexibility index (Phi) is 6.19. The van der Waals surface area contributed by atoms with Gasteiger partial charge in [-0.25, -0.2) is 0 Å². The van der Waals surface area contributed by atoms with Gasteiger partial charge in [-0.05, 0) is 18.3 Å². The Morgan fingerprint density at radius 3 is 2.37 bits per heavy atom. The van der Waals surface area contributed by atoms with Crippen LogP contribution in [0, 0.1) is 11.8 Å². The van der Waals surface area contributed by atoms with Gasteiger partial charge in [0.1, 0.15) is 0 Å². The molecule has 0 bridgehead atoms. The van der Waals surface area contributed by atoms with Crippen molar-refractivity contribution in [1.29, 1.82) is 0 Å². The fraction of sp³-hybridized carbons (Fsp3) is 1.00. The summed E-state index contributed by atoms with van der Waals surface area (Å²) in [5.74, 6) is 0.742. The molecule has 0 radical (unpaired) electrons. The van der Waals surface area contributed by atoms with E-state index in [9.17, 15) is 13.5 Å². The van der Waals surface area contributed by atoms with E-state index in [0.717, 1.165) is 6.42 Å². The first-order valence-corrected chi connectivity index (χ1v) is 8.05. The second-order valence-electron chi connectivity index (χ2n) is 5.66. The standard InChI is InChI=1S/C12H26N2O4S/c1-10-5-11(2)7-14(6-10)19(16,17)13(3)8-12(15)9-18-4/h10-12,15H,5-9H2,1-4H3/t10-,11+,12-/m1/s1. The lowest BCUT2D eigenvalue weighted by atomic mass is 9.94. The van der Waals surface area contributed by atoms with Crippen molar-refractivity contribution in [3.05, 3.63) is 0 Å². The third-order valence-corrected chi connectivity index (χ3v) is 5.27. The lowest BCUT2D eigenvalue weighted by molar-refractivity contribution is 0.0541. The van der Waals surface area contributed by atoms with Gasteiger partial charge in [0.05, 0.1) is 12.7 Å². The van der Waals surface area contributed by atoms with E-state index < -0.39 is 16.3 Å². The Hall–Kier alpha value is -0.210. The van der Waals surface area contributed by atoms with Crippen molar-refractivity contribution >= 4 is 10.2 Å². The highest BCUT2D eigenvalue weighted by molar-refractivity contribution is 7.86. The summed E-state index contributed by atoms with van der Waals surface area (Å²) < 4.78 is 32.4. The second kappa shape index (κ2) is 6.99. The van der Waals surface area contributed by atoms with Crippen LogP contribution in [0.1, 0.15) is 20.3 Å². The molecule has 1 N–H and O–H groups in total. The predicted octanol–water partition coefficient (Wildman–Crippen LogP) is 0.148. The zero-order chi connectivity index (χ0) is 14.6. The number of hydrogen-bond donors (Lipinski definition) is 1. The lowest BCUT2D eigenvalue weighted by Gasteiger charge is -2.36. The normalized spacial score (nSPS) is 27.7. The molecule has 114 valence electrons. The molecule has 1 heterocycles. The summed E-state index contributed by atoms with van der Waals surface area (Å²) in [5.41, 5.74) is 0. The third-order valence-electron chi connectivity index (χ3n) is 3.38. The first kappa shape index (κ1) is 16.8. The maximum atomic E-state index is 12.4. The molecule has 1 rings (SSSR count). The maximum absolute atomic E-state index is 12.4. The summed E-state index contributed by atoms with van der Waals surface area (Å²) in [5, 5.41) is 9.64. The molecular weight excluding hydrogens is 268 g/mol. The Bertz CT molecular complexity index is 364. The van der Waals surface area contributed by atoms with Gasteiger partial charge in [0.15, 0.2) is 0 Å².